The summed E-state index contributed by atoms with van der Waals surface area (Å²) in [5, 5.41) is -1.40. The topological polar surface area (TPSA) is 21.6 Å². The number of nitrogens with zero attached hydrogens (tertiary/aromatic N) is 1. The molecule has 1 rings (SSSR count). The maximum atomic E-state index is 12.2. The number of benzene rings is 1. The van der Waals surface area contributed by atoms with E-state index in [1.807, 2.05) is 22.6 Å². The van der Waals surface area contributed by atoms with Gasteiger partial charge in [0.15, 0.2) is 0 Å². The zero-order valence-electron chi connectivity index (χ0n) is 7.98. The largest absolute Gasteiger partial charge is 0.496 e. The van der Waals surface area contributed by atoms with Crippen LogP contribution in [0.5, 0.6) is 5.75 Å². The van der Waals surface area contributed by atoms with Crippen molar-refractivity contribution < 1.29 is 17.9 Å². The Bertz CT molecular complexity index is 420. The van der Waals surface area contributed by atoms with Gasteiger partial charge in [-0.05, 0) is 34.7 Å². The lowest BCUT2D eigenvalue weighted by Gasteiger charge is -2.07. The summed E-state index contributed by atoms with van der Waals surface area (Å²) in [5.74, 6) is 0.452. The number of aliphatic imine (C=N–C) groups is 1. The fourth-order valence-corrected chi connectivity index (χ4v) is 1.70. The molecule has 0 aliphatic rings. The van der Waals surface area contributed by atoms with Gasteiger partial charge in [-0.15, -0.1) is 0 Å². The highest BCUT2D eigenvalue weighted by Gasteiger charge is 2.34. The Labute approximate surface area is 109 Å². The standard InChI is InChI=1S/C9H6ClF3INO/c1-16-6-4-2-3-5(7(6)14)15-8(10)9(11,12)13/h2-4H,1H3. The molecule has 0 spiro atoms. The first kappa shape index (κ1) is 13.6. The van der Waals surface area contributed by atoms with Gasteiger partial charge in [0, 0.05) is 0 Å². The van der Waals surface area contributed by atoms with E-state index in [9.17, 15) is 13.2 Å². The summed E-state index contributed by atoms with van der Waals surface area (Å²) in [4.78, 5) is 3.31. The van der Waals surface area contributed by atoms with Crippen LogP contribution >= 0.6 is 34.2 Å². The molecule has 7 heteroatoms. The van der Waals surface area contributed by atoms with Crippen LogP contribution in [0.25, 0.3) is 0 Å². The Morgan fingerprint density at radius 1 is 1.44 bits per heavy atom. The van der Waals surface area contributed by atoms with E-state index in [1.54, 1.807) is 12.1 Å². The van der Waals surface area contributed by atoms with Gasteiger partial charge in [0.25, 0.3) is 0 Å². The van der Waals surface area contributed by atoms with Crippen molar-refractivity contribution in [1.82, 2.24) is 0 Å². The molecule has 16 heavy (non-hydrogen) atoms. The normalized spacial score (nSPS) is 12.8. The molecule has 1 aromatic carbocycles. The van der Waals surface area contributed by atoms with Crippen molar-refractivity contribution in [3.8, 4) is 5.75 Å². The van der Waals surface area contributed by atoms with Crippen molar-refractivity contribution in [3.63, 3.8) is 0 Å². The van der Waals surface area contributed by atoms with Crippen LogP contribution in [0.1, 0.15) is 0 Å². The zero-order valence-corrected chi connectivity index (χ0v) is 10.9. The molecule has 0 aliphatic carbocycles. The second kappa shape index (κ2) is 5.22. The number of rotatable bonds is 2. The predicted molar refractivity (Wildman–Crippen MR) is 64.7 cm³/mol. The molecule has 88 valence electrons. The van der Waals surface area contributed by atoms with Crippen LogP contribution in [-0.2, 0) is 0 Å². The van der Waals surface area contributed by atoms with Crippen molar-refractivity contribution in [2.24, 2.45) is 4.99 Å². The Morgan fingerprint density at radius 3 is 2.56 bits per heavy atom. The first-order valence-corrected chi connectivity index (χ1v) is 5.46. The number of hydrogen-bond acceptors (Lipinski definition) is 2. The fraction of sp³-hybridized carbons (Fsp3) is 0.222. The van der Waals surface area contributed by atoms with E-state index in [-0.39, 0.29) is 5.69 Å². The van der Waals surface area contributed by atoms with E-state index in [0.717, 1.165) is 0 Å². The van der Waals surface area contributed by atoms with Crippen LogP contribution in [0.15, 0.2) is 23.2 Å². The predicted octanol–water partition coefficient (Wildman–Crippen LogP) is 4.13. The van der Waals surface area contributed by atoms with E-state index >= 15 is 0 Å². The molecular weight excluding hydrogens is 357 g/mol. The van der Waals surface area contributed by atoms with Crippen LogP contribution < -0.4 is 4.74 Å². The lowest BCUT2D eigenvalue weighted by molar-refractivity contribution is -0.0558. The van der Waals surface area contributed by atoms with Crippen molar-refractivity contribution in [2.75, 3.05) is 7.11 Å². The summed E-state index contributed by atoms with van der Waals surface area (Å²) in [7, 11) is 1.43. The van der Waals surface area contributed by atoms with Gasteiger partial charge in [-0.25, -0.2) is 4.99 Å². The van der Waals surface area contributed by atoms with Gasteiger partial charge in [-0.3, -0.25) is 0 Å². The number of alkyl halides is 3. The van der Waals surface area contributed by atoms with Gasteiger partial charge in [0.2, 0.25) is 5.17 Å². The van der Waals surface area contributed by atoms with E-state index in [1.165, 1.54) is 13.2 Å². The first-order chi connectivity index (χ1) is 7.36. The average molecular weight is 364 g/mol. The van der Waals surface area contributed by atoms with Gasteiger partial charge < -0.3 is 4.74 Å². The Morgan fingerprint density at radius 2 is 2.06 bits per heavy atom. The quantitative estimate of drug-likeness (QED) is 0.572. The third-order valence-electron chi connectivity index (χ3n) is 1.62. The molecule has 0 amide bonds. The van der Waals surface area contributed by atoms with Crippen LogP contribution in [0.2, 0.25) is 0 Å². The molecule has 0 radical (unpaired) electrons. The highest BCUT2D eigenvalue weighted by atomic mass is 127. The van der Waals surface area contributed by atoms with E-state index in [4.69, 9.17) is 16.3 Å². The second-order valence-corrected chi connectivity index (χ2v) is 4.13. The smallest absolute Gasteiger partial charge is 0.444 e. The highest BCUT2D eigenvalue weighted by Crippen LogP contribution is 2.32. The van der Waals surface area contributed by atoms with Crippen LogP contribution in [-0.4, -0.2) is 18.5 Å². The van der Waals surface area contributed by atoms with E-state index < -0.39 is 11.3 Å². The molecule has 0 fully saturated rings. The molecule has 0 atom stereocenters. The number of methoxy groups -OCH3 is 1. The summed E-state index contributed by atoms with van der Waals surface area (Å²) >= 11 is 6.88. The van der Waals surface area contributed by atoms with Gasteiger partial charge >= 0.3 is 6.18 Å². The molecule has 0 bridgehead atoms. The van der Waals surface area contributed by atoms with Gasteiger partial charge in [-0.2, -0.15) is 13.2 Å². The van der Waals surface area contributed by atoms with Gasteiger partial charge in [0.05, 0.1) is 16.4 Å². The lowest BCUT2D eigenvalue weighted by atomic mass is 10.3. The fourth-order valence-electron chi connectivity index (χ4n) is 0.912. The van der Waals surface area contributed by atoms with Crippen molar-refractivity contribution >= 4 is 45.1 Å². The molecule has 0 N–H and O–H groups in total. The molecule has 0 saturated heterocycles. The SMILES string of the molecule is COc1cccc(N=C(Cl)C(F)(F)F)c1I. The highest BCUT2D eigenvalue weighted by molar-refractivity contribution is 14.1. The maximum Gasteiger partial charge on any atom is 0.444 e. The summed E-state index contributed by atoms with van der Waals surface area (Å²) in [5.41, 5.74) is 0.127. The second-order valence-electron chi connectivity index (χ2n) is 2.69. The Kier molecular flexibility index (Phi) is 4.43. The summed E-state index contributed by atoms with van der Waals surface area (Å²) in [6, 6.07) is 4.60. The van der Waals surface area contributed by atoms with Crippen molar-refractivity contribution in [2.45, 2.75) is 6.18 Å². The molecule has 1 aromatic rings. The minimum Gasteiger partial charge on any atom is -0.496 e. The Hall–Kier alpha value is -0.500. The van der Waals surface area contributed by atoms with Crippen LogP contribution in [0, 0.1) is 3.57 Å². The van der Waals surface area contributed by atoms with Crippen molar-refractivity contribution in [3.05, 3.63) is 21.8 Å². The van der Waals surface area contributed by atoms with Crippen LogP contribution in [0.4, 0.5) is 18.9 Å². The van der Waals surface area contributed by atoms with E-state index in [2.05, 4.69) is 4.99 Å². The maximum absolute atomic E-state index is 12.2. The number of halogens is 5. The average Bonchev–Trinajstić information content (AvgIpc) is 2.19. The first-order valence-electron chi connectivity index (χ1n) is 4.00. The molecule has 0 unspecified atom stereocenters. The molecule has 0 heterocycles. The van der Waals surface area contributed by atoms with Crippen LogP contribution in [0.3, 0.4) is 0 Å². The van der Waals surface area contributed by atoms with E-state index in [0.29, 0.717) is 9.32 Å². The minimum absolute atomic E-state index is 0.127. The third kappa shape index (κ3) is 3.24. The molecule has 0 aromatic heterocycles. The summed E-state index contributed by atoms with van der Waals surface area (Å²) in [6.45, 7) is 0. The minimum atomic E-state index is -4.63. The lowest BCUT2D eigenvalue weighted by Crippen LogP contribution is -2.16. The van der Waals surface area contributed by atoms with Crippen molar-refractivity contribution in [1.29, 1.82) is 0 Å². The van der Waals surface area contributed by atoms with Gasteiger partial charge in [-0.1, -0.05) is 17.7 Å². The number of hydrogen-bond donors (Lipinski definition) is 0. The Balaban J connectivity index is 3.16. The van der Waals surface area contributed by atoms with Gasteiger partial charge in [0.1, 0.15) is 5.75 Å². The molecule has 0 aliphatic heterocycles. The molecular formula is C9H6ClF3INO. The monoisotopic (exact) mass is 363 g/mol. The third-order valence-corrected chi connectivity index (χ3v) is 3.00. The summed E-state index contributed by atoms with van der Waals surface area (Å²) < 4.78 is 41.9. The molecule has 2 nitrogen and oxygen atoms in total. The number of ether oxygens (including phenoxy) is 1. The zero-order chi connectivity index (χ0) is 12.3. The molecule has 0 saturated carbocycles. The summed E-state index contributed by atoms with van der Waals surface area (Å²) in [6.07, 6.45) is -4.63.